The van der Waals surface area contributed by atoms with Gasteiger partial charge in [-0.25, -0.2) is 14.8 Å². The summed E-state index contributed by atoms with van der Waals surface area (Å²) >= 11 is 1.56. The Balaban J connectivity index is 1.18. The van der Waals surface area contributed by atoms with Gasteiger partial charge in [0.25, 0.3) is 5.91 Å². The first-order valence-corrected chi connectivity index (χ1v) is 16.8. The van der Waals surface area contributed by atoms with Crippen molar-refractivity contribution in [3.63, 3.8) is 0 Å². The number of ether oxygens (including phenoxy) is 1. The number of urea groups is 1. The van der Waals surface area contributed by atoms with E-state index in [1.54, 1.807) is 22.3 Å². The molecule has 3 amide bonds. The Morgan fingerprint density at radius 2 is 1.60 bits per heavy atom. The smallest absolute Gasteiger partial charge is 0.323 e. The highest BCUT2D eigenvalue weighted by Crippen LogP contribution is 2.41. The van der Waals surface area contributed by atoms with E-state index in [2.05, 4.69) is 15.5 Å². The third-order valence-corrected chi connectivity index (χ3v) is 9.82. The lowest BCUT2D eigenvalue weighted by molar-refractivity contribution is 0.0734. The van der Waals surface area contributed by atoms with E-state index >= 15 is 0 Å². The summed E-state index contributed by atoms with van der Waals surface area (Å²) in [6, 6.07) is 19.2. The van der Waals surface area contributed by atoms with E-state index in [1.165, 1.54) is 6.07 Å². The normalized spacial score (nSPS) is 14.6. The summed E-state index contributed by atoms with van der Waals surface area (Å²) in [4.78, 5) is 42.2. The van der Waals surface area contributed by atoms with Crippen LogP contribution in [0.15, 0.2) is 66.7 Å². The maximum absolute atomic E-state index is 13.7. The average molecular weight is 665 g/mol. The van der Waals surface area contributed by atoms with Crippen molar-refractivity contribution < 1.29 is 24.5 Å². The number of hydrogen-bond acceptors (Lipinski definition) is 9. The molecule has 0 saturated carbocycles. The molecule has 48 heavy (non-hydrogen) atoms. The molecule has 246 valence electrons. The second-order valence-electron chi connectivity index (χ2n) is 12.2. The van der Waals surface area contributed by atoms with Crippen LogP contribution in [0.1, 0.15) is 46.1 Å². The number of thiophene rings is 1. The first-order valence-electron chi connectivity index (χ1n) is 16.0. The minimum atomic E-state index is -0.334. The van der Waals surface area contributed by atoms with Crippen molar-refractivity contribution in [3.05, 3.63) is 88.3 Å². The number of morpholine rings is 1. The maximum Gasteiger partial charge on any atom is 0.323 e. The number of aromatic nitrogens is 2. The average Bonchev–Trinajstić information content (AvgIpc) is 3.46. The highest BCUT2D eigenvalue weighted by molar-refractivity contribution is 7.19. The summed E-state index contributed by atoms with van der Waals surface area (Å²) in [6.07, 6.45) is 0.627. The lowest BCUT2D eigenvalue weighted by atomic mass is 9.97. The van der Waals surface area contributed by atoms with Gasteiger partial charge in [0.15, 0.2) is 5.82 Å². The molecule has 2 aliphatic rings. The highest BCUT2D eigenvalue weighted by atomic mass is 32.1. The first-order chi connectivity index (χ1) is 23.2. The SMILES string of the molecule is CC(C)c1cc(C(=O)N2CCc3c(sc4nc(-c5ccc(NC(=O)Nc6ccccc6)cc5)nc(N5CCOCC5)c34)C2)c(O)cc1O. The molecular weight excluding hydrogens is 629 g/mol. The van der Waals surface area contributed by atoms with Gasteiger partial charge in [-0.05, 0) is 65.9 Å². The molecule has 5 aromatic rings. The summed E-state index contributed by atoms with van der Waals surface area (Å²) in [6.45, 7) is 7.36. The quantitative estimate of drug-likeness (QED) is 0.160. The Morgan fingerprint density at radius 3 is 2.31 bits per heavy atom. The van der Waals surface area contributed by atoms with Crippen LogP contribution >= 0.6 is 11.3 Å². The van der Waals surface area contributed by atoms with Crippen LogP contribution in [0.2, 0.25) is 0 Å². The Kier molecular flexibility index (Phi) is 8.59. The molecule has 2 aliphatic heterocycles. The van der Waals surface area contributed by atoms with Crippen LogP contribution in [0.5, 0.6) is 11.5 Å². The number of carbonyl (C=O) groups excluding carboxylic acids is 2. The molecule has 1 saturated heterocycles. The fourth-order valence-corrected chi connectivity index (χ4v) is 7.43. The number of benzene rings is 3. The van der Waals surface area contributed by atoms with Crippen molar-refractivity contribution in [1.29, 1.82) is 0 Å². The Labute approximate surface area is 281 Å². The third kappa shape index (κ3) is 6.24. The number of phenols is 2. The number of fused-ring (bicyclic) bond motifs is 3. The summed E-state index contributed by atoms with van der Waals surface area (Å²) < 4.78 is 5.64. The van der Waals surface area contributed by atoms with Gasteiger partial charge in [-0.1, -0.05) is 32.0 Å². The number of carbonyl (C=O) groups is 2. The van der Waals surface area contributed by atoms with Crippen LogP contribution in [-0.4, -0.2) is 69.9 Å². The van der Waals surface area contributed by atoms with E-state index in [4.69, 9.17) is 14.7 Å². The number of anilines is 3. The van der Waals surface area contributed by atoms with Gasteiger partial charge in [-0.3, -0.25) is 4.79 Å². The van der Waals surface area contributed by atoms with Crippen LogP contribution in [0.4, 0.5) is 22.0 Å². The van der Waals surface area contributed by atoms with Gasteiger partial charge in [0, 0.05) is 47.5 Å². The fraction of sp³-hybridized carbons (Fsp3) is 0.278. The van der Waals surface area contributed by atoms with Crippen molar-refractivity contribution in [2.24, 2.45) is 0 Å². The lowest BCUT2D eigenvalue weighted by Gasteiger charge is -2.30. The predicted molar refractivity (Wildman–Crippen MR) is 187 cm³/mol. The van der Waals surface area contributed by atoms with E-state index in [-0.39, 0.29) is 34.9 Å². The molecular formula is C36H36N6O5S. The maximum atomic E-state index is 13.7. The molecule has 12 heteroatoms. The van der Waals surface area contributed by atoms with E-state index in [1.807, 2.05) is 68.4 Å². The summed E-state index contributed by atoms with van der Waals surface area (Å²) in [5.41, 5.74) is 4.11. The molecule has 0 atom stereocenters. The third-order valence-electron chi connectivity index (χ3n) is 8.71. The monoisotopic (exact) mass is 664 g/mol. The van der Waals surface area contributed by atoms with Crippen molar-refractivity contribution in [1.82, 2.24) is 14.9 Å². The van der Waals surface area contributed by atoms with Crippen molar-refractivity contribution in [3.8, 4) is 22.9 Å². The fourth-order valence-electron chi connectivity index (χ4n) is 6.20. The van der Waals surface area contributed by atoms with Gasteiger partial charge in [0.1, 0.15) is 22.1 Å². The summed E-state index contributed by atoms with van der Waals surface area (Å²) in [7, 11) is 0. The highest BCUT2D eigenvalue weighted by Gasteiger charge is 2.31. The zero-order valence-corrected chi connectivity index (χ0v) is 27.5. The largest absolute Gasteiger partial charge is 0.508 e. The van der Waals surface area contributed by atoms with Crippen LogP contribution in [-0.2, 0) is 17.7 Å². The molecule has 0 unspecified atom stereocenters. The lowest BCUT2D eigenvalue weighted by Crippen LogP contribution is -2.37. The molecule has 0 bridgehead atoms. The minimum absolute atomic E-state index is 0.00862. The Morgan fingerprint density at radius 1 is 0.896 bits per heavy atom. The summed E-state index contributed by atoms with van der Waals surface area (Å²) in [5, 5.41) is 27.6. The molecule has 7 rings (SSSR count). The number of amides is 3. The number of para-hydroxylation sites is 1. The van der Waals surface area contributed by atoms with Gasteiger partial charge in [0.05, 0.1) is 30.7 Å². The Hall–Kier alpha value is -5.20. The van der Waals surface area contributed by atoms with Crippen molar-refractivity contribution >= 4 is 50.7 Å². The van der Waals surface area contributed by atoms with Gasteiger partial charge in [-0.15, -0.1) is 11.3 Å². The molecule has 0 radical (unpaired) electrons. The Bertz CT molecular complexity index is 1990. The van der Waals surface area contributed by atoms with E-state index < -0.39 is 0 Å². The molecule has 4 heterocycles. The number of aromatic hydroxyl groups is 2. The molecule has 0 spiro atoms. The predicted octanol–water partition coefficient (Wildman–Crippen LogP) is 6.57. The van der Waals surface area contributed by atoms with Gasteiger partial charge in [0.2, 0.25) is 0 Å². The van der Waals surface area contributed by atoms with E-state index in [0.717, 1.165) is 32.0 Å². The first kappa shape index (κ1) is 31.4. The van der Waals surface area contributed by atoms with Crippen LogP contribution in [0.25, 0.3) is 21.6 Å². The van der Waals surface area contributed by atoms with Crippen molar-refractivity contribution in [2.75, 3.05) is 48.4 Å². The molecule has 4 N–H and O–H groups in total. The van der Waals surface area contributed by atoms with Gasteiger partial charge >= 0.3 is 6.03 Å². The van der Waals surface area contributed by atoms with Gasteiger partial charge in [-0.2, -0.15) is 0 Å². The molecule has 0 aliphatic carbocycles. The van der Waals surface area contributed by atoms with Crippen LogP contribution < -0.4 is 15.5 Å². The number of nitrogens with zero attached hydrogens (tertiary/aromatic N) is 4. The summed E-state index contributed by atoms with van der Waals surface area (Å²) in [5.74, 6) is 0.902. The van der Waals surface area contributed by atoms with Crippen molar-refractivity contribution in [2.45, 2.75) is 32.7 Å². The molecule has 11 nitrogen and oxygen atoms in total. The minimum Gasteiger partial charge on any atom is -0.508 e. The number of rotatable bonds is 6. The second-order valence-corrected chi connectivity index (χ2v) is 13.3. The van der Waals surface area contributed by atoms with Crippen LogP contribution in [0.3, 0.4) is 0 Å². The number of phenolic OH excluding ortho intramolecular Hbond substituents is 2. The topological polar surface area (TPSA) is 140 Å². The molecule has 3 aromatic carbocycles. The van der Waals surface area contributed by atoms with Gasteiger partial charge < -0.3 is 35.4 Å². The number of nitrogens with one attached hydrogen (secondary N) is 2. The standard InChI is InChI=1S/C36H36N6O5S/c1-21(2)26-18-27(29(44)19-28(26)43)35(45)42-13-12-25-30(20-42)48-34-31(25)33(41-14-16-47-17-15-41)39-32(40-34)22-8-10-24(11-9-22)38-36(46)37-23-6-4-3-5-7-23/h3-11,18-19,21,43-44H,12-17,20H2,1-2H3,(H2,37,38,46). The molecule has 1 fully saturated rings. The van der Waals surface area contributed by atoms with Crippen LogP contribution in [0, 0.1) is 0 Å². The number of hydrogen-bond donors (Lipinski definition) is 4. The zero-order chi connectivity index (χ0) is 33.4. The molecule has 2 aromatic heterocycles. The zero-order valence-electron chi connectivity index (χ0n) is 26.7. The van der Waals surface area contributed by atoms with E-state index in [0.29, 0.717) is 68.6 Å². The second kappa shape index (κ2) is 13.1. The van der Waals surface area contributed by atoms with E-state index in [9.17, 15) is 19.8 Å².